The molecule has 0 radical (unpaired) electrons. The second-order valence-corrected chi connectivity index (χ2v) is 5.52. The van der Waals surface area contributed by atoms with Gasteiger partial charge < -0.3 is 10.5 Å². The van der Waals surface area contributed by atoms with Crippen LogP contribution in [0.15, 0.2) is 6.33 Å². The van der Waals surface area contributed by atoms with E-state index in [0.717, 1.165) is 0 Å². The van der Waals surface area contributed by atoms with Crippen molar-refractivity contribution in [3.63, 3.8) is 0 Å². The third-order valence-corrected chi connectivity index (χ3v) is 2.85. The van der Waals surface area contributed by atoms with Gasteiger partial charge in [0.25, 0.3) is 0 Å². The van der Waals surface area contributed by atoms with E-state index in [1.165, 1.54) is 10.7 Å². The quantitative estimate of drug-likeness (QED) is 0.665. The molecule has 0 spiro atoms. The Hall–Kier alpha value is -2.51. The van der Waals surface area contributed by atoms with Crippen LogP contribution < -0.4 is 5.73 Å². The zero-order valence-electron chi connectivity index (χ0n) is 12.4. The van der Waals surface area contributed by atoms with Crippen molar-refractivity contribution in [2.75, 3.05) is 12.3 Å². The normalized spacial score (nSPS) is 11.6. The van der Waals surface area contributed by atoms with E-state index in [0.29, 0.717) is 0 Å². The van der Waals surface area contributed by atoms with Crippen LogP contribution in [0, 0.1) is 5.41 Å². The molecule has 0 aliphatic carbocycles. The van der Waals surface area contributed by atoms with E-state index >= 15 is 0 Å². The van der Waals surface area contributed by atoms with E-state index in [1.807, 2.05) is 0 Å². The standard InChI is InChI=1S/C13H17N5O3/c1-5-21-12(20)8-11-17-16-7(9(19)13(2,3)4)10(14)18(11)6-15-8/h6H,5,14H2,1-4H3. The summed E-state index contributed by atoms with van der Waals surface area (Å²) in [6.45, 7) is 7.20. The molecule has 0 amide bonds. The van der Waals surface area contributed by atoms with Gasteiger partial charge in [-0.05, 0) is 6.92 Å². The lowest BCUT2D eigenvalue weighted by Crippen LogP contribution is -2.24. The zero-order valence-corrected chi connectivity index (χ0v) is 12.4. The molecule has 21 heavy (non-hydrogen) atoms. The summed E-state index contributed by atoms with van der Waals surface area (Å²) in [5.41, 5.74) is 5.55. The van der Waals surface area contributed by atoms with Crippen LogP contribution >= 0.6 is 0 Å². The molecule has 2 heterocycles. The van der Waals surface area contributed by atoms with Crippen molar-refractivity contribution in [2.45, 2.75) is 27.7 Å². The van der Waals surface area contributed by atoms with Crippen molar-refractivity contribution in [3.05, 3.63) is 17.7 Å². The van der Waals surface area contributed by atoms with Gasteiger partial charge in [-0.3, -0.25) is 9.20 Å². The monoisotopic (exact) mass is 291 g/mol. The van der Waals surface area contributed by atoms with Gasteiger partial charge in [-0.2, -0.15) is 0 Å². The second kappa shape index (κ2) is 5.12. The van der Waals surface area contributed by atoms with Gasteiger partial charge in [0.15, 0.2) is 22.8 Å². The van der Waals surface area contributed by atoms with E-state index in [9.17, 15) is 9.59 Å². The van der Waals surface area contributed by atoms with Crippen LogP contribution in [0.2, 0.25) is 0 Å². The summed E-state index contributed by atoms with van der Waals surface area (Å²) in [5.74, 6) is -0.743. The molecule has 2 aromatic rings. The number of aromatic nitrogens is 4. The van der Waals surface area contributed by atoms with Crippen molar-refractivity contribution in [1.29, 1.82) is 0 Å². The number of Topliss-reactive ketones (excluding diaryl/α,β-unsaturated/α-hetero) is 1. The summed E-state index contributed by atoms with van der Waals surface area (Å²) in [6, 6.07) is 0. The lowest BCUT2D eigenvalue weighted by atomic mass is 9.89. The van der Waals surface area contributed by atoms with Crippen molar-refractivity contribution in [1.82, 2.24) is 19.6 Å². The maximum Gasteiger partial charge on any atom is 0.360 e. The Bertz CT molecular complexity index is 714. The molecule has 2 aromatic heterocycles. The number of ether oxygens (including phenoxy) is 1. The Balaban J connectivity index is 2.55. The van der Waals surface area contributed by atoms with E-state index in [2.05, 4.69) is 15.2 Å². The minimum Gasteiger partial charge on any atom is -0.461 e. The van der Waals surface area contributed by atoms with E-state index < -0.39 is 11.4 Å². The number of nitrogens with zero attached hydrogens (tertiary/aromatic N) is 4. The fourth-order valence-electron chi connectivity index (χ4n) is 1.74. The predicted octanol–water partition coefficient (Wildman–Crippen LogP) is 1.11. The molecule has 0 aliphatic rings. The Morgan fingerprint density at radius 1 is 1.29 bits per heavy atom. The smallest absolute Gasteiger partial charge is 0.360 e. The van der Waals surface area contributed by atoms with Crippen LogP contribution in [-0.4, -0.2) is 37.9 Å². The van der Waals surface area contributed by atoms with Crippen LogP contribution in [0.5, 0.6) is 0 Å². The van der Waals surface area contributed by atoms with Crippen LogP contribution in [-0.2, 0) is 4.74 Å². The molecule has 0 aromatic carbocycles. The summed E-state index contributed by atoms with van der Waals surface area (Å²) in [7, 11) is 0. The molecule has 0 aliphatic heterocycles. The lowest BCUT2D eigenvalue weighted by molar-refractivity contribution is 0.0522. The van der Waals surface area contributed by atoms with Gasteiger partial charge in [-0.25, -0.2) is 9.78 Å². The molecule has 8 heteroatoms. The van der Waals surface area contributed by atoms with Crippen LogP contribution in [0.1, 0.15) is 48.7 Å². The molecule has 8 nitrogen and oxygen atoms in total. The van der Waals surface area contributed by atoms with Crippen LogP contribution in [0.3, 0.4) is 0 Å². The molecule has 0 saturated carbocycles. The van der Waals surface area contributed by atoms with Crippen LogP contribution in [0.25, 0.3) is 5.65 Å². The number of nitrogens with two attached hydrogens (primary N) is 1. The highest BCUT2D eigenvalue weighted by atomic mass is 16.5. The Kier molecular flexibility index (Phi) is 3.63. The van der Waals surface area contributed by atoms with Gasteiger partial charge in [0.05, 0.1) is 6.61 Å². The van der Waals surface area contributed by atoms with Gasteiger partial charge in [0.2, 0.25) is 0 Å². The largest absolute Gasteiger partial charge is 0.461 e. The fourth-order valence-corrected chi connectivity index (χ4v) is 1.74. The number of hydrogen-bond donors (Lipinski definition) is 1. The van der Waals surface area contributed by atoms with Crippen molar-refractivity contribution in [3.8, 4) is 0 Å². The number of anilines is 1. The third kappa shape index (κ3) is 2.56. The molecule has 0 fully saturated rings. The van der Waals surface area contributed by atoms with Gasteiger partial charge in [-0.15, -0.1) is 10.2 Å². The Morgan fingerprint density at radius 3 is 2.52 bits per heavy atom. The molecule has 0 bridgehead atoms. The summed E-state index contributed by atoms with van der Waals surface area (Å²) in [4.78, 5) is 27.9. The number of nitrogen functional groups attached to an aromatic ring is 1. The highest BCUT2D eigenvalue weighted by molar-refractivity contribution is 6.02. The maximum atomic E-state index is 12.3. The summed E-state index contributed by atoms with van der Waals surface area (Å²) in [5, 5.41) is 7.74. The zero-order chi connectivity index (χ0) is 15.8. The van der Waals surface area contributed by atoms with Gasteiger partial charge in [0, 0.05) is 5.41 Å². The fraction of sp³-hybridized carbons (Fsp3) is 0.462. The molecule has 112 valence electrons. The summed E-state index contributed by atoms with van der Waals surface area (Å²) in [6.07, 6.45) is 1.32. The molecule has 0 atom stereocenters. The number of rotatable bonds is 3. The Labute approximate surface area is 121 Å². The molecule has 2 rings (SSSR count). The van der Waals surface area contributed by atoms with Gasteiger partial charge in [0.1, 0.15) is 12.1 Å². The highest BCUT2D eigenvalue weighted by Gasteiger charge is 2.28. The summed E-state index contributed by atoms with van der Waals surface area (Å²) >= 11 is 0. The number of carbonyl (C=O) groups excluding carboxylic acids is 2. The lowest BCUT2D eigenvalue weighted by Gasteiger charge is -2.16. The van der Waals surface area contributed by atoms with E-state index in [-0.39, 0.29) is 35.2 Å². The van der Waals surface area contributed by atoms with Crippen molar-refractivity contribution in [2.24, 2.45) is 5.41 Å². The van der Waals surface area contributed by atoms with E-state index in [1.54, 1.807) is 27.7 Å². The number of imidazole rings is 1. The number of hydrogen-bond acceptors (Lipinski definition) is 7. The topological polar surface area (TPSA) is 112 Å². The minimum atomic E-state index is -0.638. The first kappa shape index (κ1) is 14.9. The third-order valence-electron chi connectivity index (χ3n) is 2.85. The number of esters is 1. The first-order valence-corrected chi connectivity index (χ1v) is 6.48. The first-order chi connectivity index (χ1) is 9.77. The SMILES string of the molecule is CCOC(=O)c1ncn2c(N)c(C(=O)C(C)(C)C)nnc12. The second-order valence-electron chi connectivity index (χ2n) is 5.52. The van der Waals surface area contributed by atoms with Crippen molar-refractivity contribution < 1.29 is 14.3 Å². The number of ketones is 1. The molecular formula is C13H17N5O3. The predicted molar refractivity (Wildman–Crippen MR) is 74.9 cm³/mol. The Morgan fingerprint density at radius 2 is 1.95 bits per heavy atom. The molecule has 0 unspecified atom stereocenters. The summed E-state index contributed by atoms with van der Waals surface area (Å²) < 4.78 is 6.24. The molecule has 0 saturated heterocycles. The van der Waals surface area contributed by atoms with Crippen LogP contribution in [0.4, 0.5) is 5.82 Å². The minimum absolute atomic E-state index is 0.0193. The van der Waals surface area contributed by atoms with E-state index in [4.69, 9.17) is 10.5 Å². The van der Waals surface area contributed by atoms with Crippen molar-refractivity contribution >= 4 is 23.2 Å². The molecular weight excluding hydrogens is 274 g/mol. The highest BCUT2D eigenvalue weighted by Crippen LogP contribution is 2.23. The maximum absolute atomic E-state index is 12.3. The first-order valence-electron chi connectivity index (χ1n) is 6.48. The number of carbonyl (C=O) groups is 2. The number of fused-ring (bicyclic) bond motifs is 1. The van der Waals surface area contributed by atoms with Gasteiger partial charge in [-0.1, -0.05) is 20.8 Å². The van der Waals surface area contributed by atoms with Gasteiger partial charge >= 0.3 is 5.97 Å². The average Bonchev–Trinajstić information content (AvgIpc) is 2.82. The molecule has 2 N–H and O–H groups in total. The average molecular weight is 291 g/mol.